The van der Waals surface area contributed by atoms with Gasteiger partial charge in [0.25, 0.3) is 0 Å². The molecule has 0 bridgehead atoms. The van der Waals surface area contributed by atoms with E-state index >= 15 is 0 Å². The standard InChI is InChI=1S/C36H37NO4/c1-29(23-37)22-34(39-25-31-16-8-3-9-17-31)36(41-27-33-20-12-5-13-21-33)35(40-26-32-18-10-4-11-19-32)28-38-24-30-14-6-2-7-15-30/h2-21,34-36H,1,22,24-28H2/t34-,35+,36+/m1/s1. The molecule has 0 fully saturated rings. The van der Waals surface area contributed by atoms with E-state index < -0.39 is 18.3 Å². The molecular formula is C36H37NO4. The lowest BCUT2D eigenvalue weighted by Crippen LogP contribution is -2.45. The van der Waals surface area contributed by atoms with Crippen LogP contribution in [0.4, 0.5) is 0 Å². The fraction of sp³-hybridized carbons (Fsp3) is 0.250. The summed E-state index contributed by atoms with van der Waals surface area (Å²) in [5.74, 6) is 0. The maximum Gasteiger partial charge on any atom is 0.113 e. The Balaban J connectivity index is 1.59. The van der Waals surface area contributed by atoms with Gasteiger partial charge in [-0.15, -0.1) is 0 Å². The second kappa shape index (κ2) is 16.9. The number of hydrogen-bond acceptors (Lipinski definition) is 5. The molecule has 0 aliphatic heterocycles. The zero-order valence-electron chi connectivity index (χ0n) is 23.3. The Morgan fingerprint density at radius 2 is 0.951 bits per heavy atom. The first-order chi connectivity index (χ1) is 20.2. The summed E-state index contributed by atoms with van der Waals surface area (Å²) in [4.78, 5) is 0. The van der Waals surface area contributed by atoms with Crippen LogP contribution in [0, 0.1) is 11.3 Å². The second-order valence-electron chi connectivity index (χ2n) is 9.85. The molecule has 41 heavy (non-hydrogen) atoms. The monoisotopic (exact) mass is 547 g/mol. The third kappa shape index (κ3) is 10.5. The fourth-order valence-corrected chi connectivity index (χ4v) is 4.44. The highest BCUT2D eigenvalue weighted by molar-refractivity contribution is 5.19. The zero-order chi connectivity index (χ0) is 28.5. The van der Waals surface area contributed by atoms with Crippen molar-refractivity contribution < 1.29 is 18.9 Å². The van der Waals surface area contributed by atoms with Gasteiger partial charge in [0.15, 0.2) is 0 Å². The van der Waals surface area contributed by atoms with Gasteiger partial charge in [-0.1, -0.05) is 128 Å². The van der Waals surface area contributed by atoms with Gasteiger partial charge in [0.1, 0.15) is 12.2 Å². The summed E-state index contributed by atoms with van der Waals surface area (Å²) in [7, 11) is 0. The van der Waals surface area contributed by atoms with Crippen LogP contribution in [0.25, 0.3) is 0 Å². The molecule has 0 spiro atoms. The zero-order valence-corrected chi connectivity index (χ0v) is 23.3. The van der Waals surface area contributed by atoms with E-state index in [9.17, 15) is 5.26 Å². The highest BCUT2D eigenvalue weighted by Gasteiger charge is 2.33. The van der Waals surface area contributed by atoms with E-state index in [1.165, 1.54) is 0 Å². The molecule has 0 saturated heterocycles. The molecule has 0 aliphatic rings. The van der Waals surface area contributed by atoms with E-state index in [1.54, 1.807) is 0 Å². The highest BCUT2D eigenvalue weighted by Crippen LogP contribution is 2.23. The molecular weight excluding hydrogens is 510 g/mol. The fourth-order valence-electron chi connectivity index (χ4n) is 4.44. The van der Waals surface area contributed by atoms with Gasteiger partial charge in [0.2, 0.25) is 0 Å². The molecule has 0 unspecified atom stereocenters. The Morgan fingerprint density at radius 3 is 1.39 bits per heavy atom. The Labute approximate surface area is 243 Å². The molecule has 0 aliphatic carbocycles. The van der Waals surface area contributed by atoms with Crippen LogP contribution in [-0.2, 0) is 45.4 Å². The molecule has 4 rings (SSSR count). The van der Waals surface area contributed by atoms with E-state index in [1.807, 2.05) is 121 Å². The predicted molar refractivity (Wildman–Crippen MR) is 161 cm³/mol. The number of nitriles is 1. The number of hydrogen-bond donors (Lipinski definition) is 0. The minimum atomic E-state index is -0.538. The Morgan fingerprint density at radius 1 is 0.561 bits per heavy atom. The summed E-state index contributed by atoms with van der Waals surface area (Å²) in [6.07, 6.45) is -1.20. The van der Waals surface area contributed by atoms with Crippen LogP contribution in [0.3, 0.4) is 0 Å². The van der Waals surface area contributed by atoms with Crippen LogP contribution in [0.1, 0.15) is 28.7 Å². The first-order valence-corrected chi connectivity index (χ1v) is 13.9. The summed E-state index contributed by atoms with van der Waals surface area (Å²) in [6, 6.07) is 42.2. The SMILES string of the molecule is C=C(C#N)C[C@@H](OCc1ccccc1)[C@H](OCc1ccccc1)[C@H](COCc1ccccc1)OCc1ccccc1. The van der Waals surface area contributed by atoms with Gasteiger partial charge in [-0.25, -0.2) is 0 Å². The van der Waals surface area contributed by atoms with E-state index in [0.717, 1.165) is 22.3 Å². The third-order valence-electron chi connectivity index (χ3n) is 6.63. The van der Waals surface area contributed by atoms with E-state index in [0.29, 0.717) is 38.4 Å². The van der Waals surface area contributed by atoms with Gasteiger partial charge in [-0.2, -0.15) is 5.26 Å². The lowest BCUT2D eigenvalue weighted by Gasteiger charge is -2.34. The van der Waals surface area contributed by atoms with Gasteiger partial charge in [-0.3, -0.25) is 0 Å². The van der Waals surface area contributed by atoms with Gasteiger partial charge in [0, 0.05) is 12.0 Å². The average molecular weight is 548 g/mol. The van der Waals surface area contributed by atoms with Crippen LogP contribution in [0.15, 0.2) is 133 Å². The van der Waals surface area contributed by atoms with Crippen molar-refractivity contribution in [1.82, 2.24) is 0 Å². The molecule has 0 heterocycles. The lowest BCUT2D eigenvalue weighted by molar-refractivity contribution is -0.167. The molecule has 0 aromatic heterocycles. The Bertz CT molecular complexity index is 1320. The predicted octanol–water partition coefficient (Wildman–Crippen LogP) is 7.43. The topological polar surface area (TPSA) is 60.7 Å². The Kier molecular flexibility index (Phi) is 12.3. The number of ether oxygens (including phenoxy) is 4. The van der Waals surface area contributed by atoms with Crippen LogP contribution in [0.2, 0.25) is 0 Å². The van der Waals surface area contributed by atoms with Crippen LogP contribution in [0.5, 0.6) is 0 Å². The van der Waals surface area contributed by atoms with Crippen molar-refractivity contribution in [2.75, 3.05) is 6.61 Å². The third-order valence-corrected chi connectivity index (χ3v) is 6.63. The van der Waals surface area contributed by atoms with Crippen LogP contribution in [-0.4, -0.2) is 24.9 Å². The smallest absolute Gasteiger partial charge is 0.113 e. The lowest BCUT2D eigenvalue weighted by atomic mass is 10.0. The highest BCUT2D eigenvalue weighted by atomic mass is 16.6. The normalized spacial score (nSPS) is 13.1. The second-order valence-corrected chi connectivity index (χ2v) is 9.85. The van der Waals surface area contributed by atoms with Crippen molar-refractivity contribution in [3.05, 3.63) is 156 Å². The van der Waals surface area contributed by atoms with Crippen LogP contribution < -0.4 is 0 Å². The van der Waals surface area contributed by atoms with E-state index in [2.05, 4.69) is 12.6 Å². The van der Waals surface area contributed by atoms with Crippen molar-refractivity contribution in [2.45, 2.75) is 51.2 Å². The summed E-state index contributed by atoms with van der Waals surface area (Å²) >= 11 is 0. The molecule has 0 N–H and O–H groups in total. The van der Waals surface area contributed by atoms with Crippen molar-refractivity contribution in [2.24, 2.45) is 0 Å². The summed E-state index contributed by atoms with van der Waals surface area (Å²) in [5.41, 5.74) is 4.61. The van der Waals surface area contributed by atoms with E-state index in [-0.39, 0.29) is 6.61 Å². The number of benzene rings is 4. The largest absolute Gasteiger partial charge is 0.374 e. The molecule has 210 valence electrons. The van der Waals surface area contributed by atoms with Crippen LogP contribution >= 0.6 is 0 Å². The molecule has 4 aromatic rings. The molecule has 0 amide bonds. The first-order valence-electron chi connectivity index (χ1n) is 13.9. The Hall–Kier alpha value is -4.05. The maximum atomic E-state index is 9.61. The number of rotatable bonds is 17. The molecule has 5 heteroatoms. The van der Waals surface area contributed by atoms with Crippen molar-refractivity contribution in [3.63, 3.8) is 0 Å². The number of nitrogens with zero attached hydrogens (tertiary/aromatic N) is 1. The quantitative estimate of drug-likeness (QED) is 0.129. The van der Waals surface area contributed by atoms with Crippen molar-refractivity contribution in [3.8, 4) is 6.07 Å². The van der Waals surface area contributed by atoms with E-state index in [4.69, 9.17) is 18.9 Å². The summed E-state index contributed by atoms with van der Waals surface area (Å²) in [5, 5.41) is 9.61. The molecule has 0 saturated carbocycles. The molecule has 0 radical (unpaired) electrons. The maximum absolute atomic E-state index is 9.61. The van der Waals surface area contributed by atoms with Crippen molar-refractivity contribution in [1.29, 1.82) is 5.26 Å². The average Bonchev–Trinajstić information content (AvgIpc) is 3.03. The van der Waals surface area contributed by atoms with Crippen molar-refractivity contribution >= 4 is 0 Å². The molecule has 5 nitrogen and oxygen atoms in total. The minimum absolute atomic E-state index is 0.283. The minimum Gasteiger partial charge on any atom is -0.374 e. The molecule has 3 atom stereocenters. The first kappa shape index (κ1) is 29.9. The summed E-state index contributed by atoms with van der Waals surface area (Å²) < 4.78 is 25.8. The molecule has 4 aromatic carbocycles. The van der Waals surface area contributed by atoms with Gasteiger partial charge < -0.3 is 18.9 Å². The van der Waals surface area contributed by atoms with Gasteiger partial charge in [0.05, 0.1) is 45.2 Å². The summed E-state index contributed by atoms with van der Waals surface area (Å²) in [6.45, 7) is 5.79. The van der Waals surface area contributed by atoms with Gasteiger partial charge >= 0.3 is 0 Å². The van der Waals surface area contributed by atoms with Gasteiger partial charge in [-0.05, 0) is 22.3 Å².